The summed E-state index contributed by atoms with van der Waals surface area (Å²) in [5.74, 6) is 0.00303. The molecule has 1 fully saturated rings. The van der Waals surface area contributed by atoms with E-state index in [9.17, 15) is 4.79 Å². The monoisotopic (exact) mass is 243 g/mol. The fraction of sp³-hybridized carbons (Fsp3) is 0.429. The van der Waals surface area contributed by atoms with E-state index in [1.54, 1.807) is 10.7 Å². The summed E-state index contributed by atoms with van der Waals surface area (Å²) in [7, 11) is 0. The molecule has 2 aromatic rings. The average molecular weight is 243 g/mol. The molecule has 0 radical (unpaired) electrons. The van der Waals surface area contributed by atoms with Gasteiger partial charge in [0.1, 0.15) is 0 Å². The summed E-state index contributed by atoms with van der Waals surface area (Å²) >= 11 is 0. The molecule has 0 aromatic carbocycles. The minimum atomic E-state index is 0.00303. The van der Waals surface area contributed by atoms with Crippen molar-refractivity contribution in [3.8, 4) is 0 Å². The number of nitrogens with zero attached hydrogens (tertiary/aromatic N) is 2. The van der Waals surface area contributed by atoms with Gasteiger partial charge in [-0.2, -0.15) is 5.10 Å². The second kappa shape index (κ2) is 3.83. The van der Waals surface area contributed by atoms with Gasteiger partial charge >= 0.3 is 0 Å². The molecule has 18 heavy (non-hydrogen) atoms. The number of hydrogen-bond acceptors (Lipinski definition) is 2. The molecule has 0 aliphatic heterocycles. The Hall–Kier alpha value is -1.84. The number of nitrogens with one attached hydrogen (secondary N) is 1. The van der Waals surface area contributed by atoms with Gasteiger partial charge in [0.25, 0.3) is 5.91 Å². The minimum Gasteiger partial charge on any atom is -0.349 e. The van der Waals surface area contributed by atoms with Gasteiger partial charge in [0.05, 0.1) is 17.3 Å². The molecule has 1 amide bonds. The number of rotatable bonds is 3. The van der Waals surface area contributed by atoms with Crippen molar-refractivity contribution >= 4 is 11.4 Å². The first-order valence-electron chi connectivity index (χ1n) is 6.37. The van der Waals surface area contributed by atoms with Crippen LogP contribution in [0, 0.1) is 5.41 Å². The van der Waals surface area contributed by atoms with Crippen molar-refractivity contribution in [2.75, 3.05) is 0 Å². The fourth-order valence-electron chi connectivity index (χ4n) is 2.40. The quantitative estimate of drug-likeness (QED) is 0.898. The van der Waals surface area contributed by atoms with Crippen LogP contribution in [-0.2, 0) is 0 Å². The number of carbonyl (C=O) groups excluding carboxylic acids is 1. The lowest BCUT2D eigenvalue weighted by Gasteiger charge is -2.10. The Morgan fingerprint density at radius 3 is 3.17 bits per heavy atom. The van der Waals surface area contributed by atoms with Crippen LogP contribution in [0.4, 0.5) is 0 Å². The minimum absolute atomic E-state index is 0.00303. The average Bonchev–Trinajstić information content (AvgIpc) is 2.81. The maximum Gasteiger partial charge on any atom is 0.253 e. The van der Waals surface area contributed by atoms with Gasteiger partial charge in [-0.15, -0.1) is 0 Å². The van der Waals surface area contributed by atoms with E-state index in [-0.39, 0.29) is 5.91 Å². The van der Waals surface area contributed by atoms with Gasteiger partial charge in [0.2, 0.25) is 0 Å². The van der Waals surface area contributed by atoms with Crippen LogP contribution in [0.3, 0.4) is 0 Å². The Kier molecular flexibility index (Phi) is 2.40. The third-order valence-corrected chi connectivity index (χ3v) is 4.15. The van der Waals surface area contributed by atoms with E-state index >= 15 is 0 Å². The Morgan fingerprint density at radius 2 is 2.44 bits per heavy atom. The van der Waals surface area contributed by atoms with Crippen molar-refractivity contribution in [2.24, 2.45) is 5.41 Å². The maximum atomic E-state index is 12.3. The zero-order chi connectivity index (χ0) is 12.8. The standard InChI is InChI=1S/C14H17N3O/c1-3-14(2)9-12(14)16-13(18)10-5-4-8-17-11(10)6-7-15-17/h4-8,12H,3,9H2,1-2H3,(H,16,18). The van der Waals surface area contributed by atoms with Gasteiger partial charge in [-0.1, -0.05) is 13.8 Å². The van der Waals surface area contributed by atoms with Crippen molar-refractivity contribution in [3.63, 3.8) is 0 Å². The summed E-state index contributed by atoms with van der Waals surface area (Å²) in [5, 5.41) is 7.25. The summed E-state index contributed by atoms with van der Waals surface area (Å²) < 4.78 is 1.72. The normalized spacial score (nSPS) is 26.2. The third kappa shape index (κ3) is 1.68. The Bertz CT molecular complexity index is 604. The van der Waals surface area contributed by atoms with Crippen LogP contribution in [0.2, 0.25) is 0 Å². The van der Waals surface area contributed by atoms with Gasteiger partial charge in [-0.25, -0.2) is 4.52 Å². The van der Waals surface area contributed by atoms with Crippen LogP contribution in [0.25, 0.3) is 5.52 Å². The van der Waals surface area contributed by atoms with Gasteiger partial charge in [-0.05, 0) is 36.5 Å². The van der Waals surface area contributed by atoms with E-state index in [4.69, 9.17) is 0 Å². The Balaban J connectivity index is 1.83. The lowest BCUT2D eigenvalue weighted by molar-refractivity contribution is 0.0946. The SMILES string of the molecule is CCC1(C)CC1NC(=O)c1cccn2nccc12. The van der Waals surface area contributed by atoms with E-state index in [1.807, 2.05) is 24.4 Å². The number of fused-ring (bicyclic) bond motifs is 1. The molecule has 1 aliphatic rings. The van der Waals surface area contributed by atoms with Gasteiger partial charge in [0.15, 0.2) is 0 Å². The topological polar surface area (TPSA) is 46.4 Å². The number of carbonyl (C=O) groups is 1. The highest BCUT2D eigenvalue weighted by Crippen LogP contribution is 2.48. The molecule has 2 heterocycles. The summed E-state index contributed by atoms with van der Waals surface area (Å²) in [5.41, 5.74) is 1.84. The van der Waals surface area contributed by atoms with Crippen LogP contribution in [-0.4, -0.2) is 21.6 Å². The molecule has 94 valence electrons. The highest BCUT2D eigenvalue weighted by molar-refractivity contribution is 6.01. The lowest BCUT2D eigenvalue weighted by Crippen LogP contribution is -2.29. The molecular formula is C14H17N3O. The van der Waals surface area contributed by atoms with Crippen molar-refractivity contribution in [3.05, 3.63) is 36.2 Å². The smallest absolute Gasteiger partial charge is 0.253 e. The summed E-state index contributed by atoms with van der Waals surface area (Å²) in [6, 6.07) is 5.87. The lowest BCUT2D eigenvalue weighted by atomic mass is 10.1. The van der Waals surface area contributed by atoms with Crippen molar-refractivity contribution in [1.82, 2.24) is 14.9 Å². The van der Waals surface area contributed by atoms with E-state index < -0.39 is 0 Å². The van der Waals surface area contributed by atoms with Crippen LogP contribution in [0.15, 0.2) is 30.6 Å². The number of amides is 1. The second-order valence-electron chi connectivity index (χ2n) is 5.32. The molecule has 4 nitrogen and oxygen atoms in total. The molecular weight excluding hydrogens is 226 g/mol. The van der Waals surface area contributed by atoms with E-state index in [0.717, 1.165) is 18.4 Å². The highest BCUT2D eigenvalue weighted by Gasteiger charge is 2.49. The number of pyridine rings is 1. The largest absolute Gasteiger partial charge is 0.349 e. The summed E-state index contributed by atoms with van der Waals surface area (Å²) in [6.45, 7) is 4.39. The predicted octanol–water partition coefficient (Wildman–Crippen LogP) is 2.25. The predicted molar refractivity (Wildman–Crippen MR) is 69.5 cm³/mol. The molecule has 0 bridgehead atoms. The summed E-state index contributed by atoms with van der Waals surface area (Å²) in [4.78, 5) is 12.3. The summed E-state index contributed by atoms with van der Waals surface area (Å²) in [6.07, 6.45) is 5.74. The van der Waals surface area contributed by atoms with Gasteiger partial charge in [0, 0.05) is 12.2 Å². The molecule has 1 saturated carbocycles. The molecule has 3 rings (SSSR count). The van der Waals surface area contributed by atoms with Crippen molar-refractivity contribution in [2.45, 2.75) is 32.7 Å². The van der Waals surface area contributed by atoms with Crippen molar-refractivity contribution < 1.29 is 4.79 Å². The Morgan fingerprint density at radius 1 is 1.61 bits per heavy atom. The molecule has 4 heteroatoms. The number of aromatic nitrogens is 2. The third-order valence-electron chi connectivity index (χ3n) is 4.15. The van der Waals surface area contributed by atoms with Crippen LogP contribution in [0.5, 0.6) is 0 Å². The Labute approximate surface area is 106 Å². The van der Waals surface area contributed by atoms with Crippen LogP contribution >= 0.6 is 0 Å². The first-order chi connectivity index (χ1) is 8.64. The van der Waals surface area contributed by atoms with Crippen molar-refractivity contribution in [1.29, 1.82) is 0 Å². The molecule has 1 N–H and O–H groups in total. The number of hydrogen-bond donors (Lipinski definition) is 1. The fourth-order valence-corrected chi connectivity index (χ4v) is 2.40. The van der Waals surface area contributed by atoms with Crippen LogP contribution in [0.1, 0.15) is 37.0 Å². The molecule has 0 saturated heterocycles. The van der Waals surface area contributed by atoms with Gasteiger partial charge in [-0.3, -0.25) is 4.79 Å². The van der Waals surface area contributed by atoms with Gasteiger partial charge < -0.3 is 5.32 Å². The highest BCUT2D eigenvalue weighted by atomic mass is 16.1. The molecule has 2 aromatic heterocycles. The van der Waals surface area contributed by atoms with Crippen LogP contribution < -0.4 is 5.32 Å². The first-order valence-corrected chi connectivity index (χ1v) is 6.37. The van der Waals surface area contributed by atoms with E-state index in [2.05, 4.69) is 24.3 Å². The molecule has 0 spiro atoms. The van der Waals surface area contributed by atoms with E-state index in [1.165, 1.54) is 0 Å². The first kappa shape index (κ1) is 11.3. The zero-order valence-electron chi connectivity index (χ0n) is 10.7. The zero-order valence-corrected chi connectivity index (χ0v) is 10.7. The maximum absolute atomic E-state index is 12.3. The van der Waals surface area contributed by atoms with E-state index in [0.29, 0.717) is 17.0 Å². The second-order valence-corrected chi connectivity index (χ2v) is 5.32. The molecule has 2 atom stereocenters. The molecule has 2 unspecified atom stereocenters. The molecule has 1 aliphatic carbocycles.